The average molecular weight is 420 g/mol. The molecule has 2 N–H and O–H groups in total. The van der Waals surface area contributed by atoms with Crippen LogP contribution in [0.5, 0.6) is 5.75 Å². The first-order chi connectivity index (χ1) is 9.40. The Bertz CT molecular complexity index is 813. The van der Waals surface area contributed by atoms with Crippen LogP contribution < -0.4 is 5.56 Å². The van der Waals surface area contributed by atoms with Crippen LogP contribution in [-0.4, -0.2) is 26.2 Å². The summed E-state index contributed by atoms with van der Waals surface area (Å²) in [4.78, 5) is 11.8. The van der Waals surface area contributed by atoms with E-state index in [-0.39, 0.29) is 16.2 Å². The van der Waals surface area contributed by atoms with Gasteiger partial charge in [-0.15, -0.1) is 0 Å². The third kappa shape index (κ3) is 3.05. The number of phenols is 1. The lowest BCUT2D eigenvalue weighted by Crippen LogP contribution is -2.22. The topological polar surface area (TPSA) is 83.3 Å². The third-order valence-corrected chi connectivity index (χ3v) is 3.71. The normalized spacial score (nSPS) is 11.2. The van der Waals surface area contributed by atoms with E-state index in [4.69, 9.17) is 12.2 Å². The highest BCUT2D eigenvalue weighted by atomic mass is 79.9. The fraction of sp³-hybridized carbons (Fsp3) is 0.0909. The van der Waals surface area contributed by atoms with Crippen LogP contribution in [0.2, 0.25) is 0 Å². The van der Waals surface area contributed by atoms with Crippen LogP contribution in [0.1, 0.15) is 11.3 Å². The second kappa shape index (κ2) is 5.98. The summed E-state index contributed by atoms with van der Waals surface area (Å²) in [6.45, 7) is 1.55. The molecule has 20 heavy (non-hydrogen) atoms. The number of aromatic hydroxyl groups is 1. The Kier molecular flexibility index (Phi) is 4.51. The molecule has 0 spiro atoms. The third-order valence-electron chi connectivity index (χ3n) is 2.38. The highest BCUT2D eigenvalue weighted by molar-refractivity contribution is 9.11. The van der Waals surface area contributed by atoms with Gasteiger partial charge in [-0.2, -0.15) is 14.9 Å². The van der Waals surface area contributed by atoms with Gasteiger partial charge < -0.3 is 5.11 Å². The van der Waals surface area contributed by atoms with E-state index < -0.39 is 5.56 Å². The van der Waals surface area contributed by atoms with Crippen LogP contribution in [-0.2, 0) is 0 Å². The SMILES string of the molecule is Cc1n[nH]c(=S)n(/N=C/c2cc(Br)cc(Br)c2O)c1=O. The summed E-state index contributed by atoms with van der Waals surface area (Å²) in [5, 5.41) is 20.1. The summed E-state index contributed by atoms with van der Waals surface area (Å²) in [7, 11) is 0. The summed E-state index contributed by atoms with van der Waals surface area (Å²) in [6, 6.07) is 3.36. The first-order valence-electron chi connectivity index (χ1n) is 5.31. The molecular formula is C11H8Br2N4O2S. The number of benzene rings is 1. The predicted molar refractivity (Wildman–Crippen MR) is 84.9 cm³/mol. The fourth-order valence-corrected chi connectivity index (χ4v) is 2.82. The fourth-order valence-electron chi connectivity index (χ4n) is 1.38. The van der Waals surface area contributed by atoms with Gasteiger partial charge in [0.1, 0.15) is 11.4 Å². The Hall–Kier alpha value is -1.32. The van der Waals surface area contributed by atoms with Crippen LogP contribution in [0.25, 0.3) is 0 Å². The molecule has 2 aromatic rings. The summed E-state index contributed by atoms with van der Waals surface area (Å²) in [5.74, 6) is 0.0191. The van der Waals surface area contributed by atoms with E-state index in [1.807, 2.05) is 0 Å². The molecule has 0 aliphatic rings. The van der Waals surface area contributed by atoms with E-state index in [0.29, 0.717) is 10.0 Å². The zero-order chi connectivity index (χ0) is 14.9. The molecule has 0 bridgehead atoms. The van der Waals surface area contributed by atoms with Crippen molar-refractivity contribution in [2.45, 2.75) is 6.92 Å². The lowest BCUT2D eigenvalue weighted by Gasteiger charge is -2.03. The quantitative estimate of drug-likeness (QED) is 0.579. The molecule has 2 rings (SSSR count). The number of aryl methyl sites for hydroxylation is 1. The maximum atomic E-state index is 11.8. The molecule has 0 amide bonds. The predicted octanol–water partition coefficient (Wildman–Crippen LogP) is 2.72. The summed E-state index contributed by atoms with van der Waals surface area (Å²) < 4.78 is 2.35. The van der Waals surface area contributed by atoms with E-state index in [1.165, 1.54) is 6.21 Å². The number of rotatable bonds is 2. The largest absolute Gasteiger partial charge is 0.506 e. The molecule has 0 atom stereocenters. The average Bonchev–Trinajstić information content (AvgIpc) is 2.39. The van der Waals surface area contributed by atoms with Gasteiger partial charge in [-0.05, 0) is 47.2 Å². The van der Waals surface area contributed by atoms with Gasteiger partial charge in [-0.25, -0.2) is 0 Å². The second-order valence-electron chi connectivity index (χ2n) is 3.80. The molecule has 1 aromatic heterocycles. The number of H-pyrrole nitrogens is 1. The number of nitrogens with one attached hydrogen (secondary N) is 1. The molecule has 0 aliphatic heterocycles. The van der Waals surface area contributed by atoms with E-state index in [2.05, 4.69) is 47.2 Å². The van der Waals surface area contributed by atoms with Gasteiger partial charge in [0.2, 0.25) is 4.77 Å². The van der Waals surface area contributed by atoms with Gasteiger partial charge in [0, 0.05) is 10.0 Å². The summed E-state index contributed by atoms with van der Waals surface area (Å²) in [6.07, 6.45) is 1.34. The van der Waals surface area contributed by atoms with Gasteiger partial charge in [0.15, 0.2) is 0 Å². The zero-order valence-electron chi connectivity index (χ0n) is 10.1. The standard InChI is InChI=1S/C11H8Br2N4O2S/c1-5-10(19)17(11(20)16-15-5)14-4-6-2-7(12)3-8(13)9(6)18/h2-4,18H,1H3,(H,16,20)/b14-4+. The Balaban J connectivity index is 2.53. The minimum absolute atomic E-state index is 0.0191. The molecule has 0 unspecified atom stereocenters. The number of phenolic OH excluding ortho intramolecular Hbond substituents is 1. The lowest BCUT2D eigenvalue weighted by atomic mass is 10.2. The lowest BCUT2D eigenvalue weighted by molar-refractivity contribution is 0.471. The first kappa shape index (κ1) is 15.1. The molecule has 0 radical (unpaired) electrons. The van der Waals surface area contributed by atoms with Gasteiger partial charge in [0.25, 0.3) is 5.56 Å². The molecule has 6 nitrogen and oxygen atoms in total. The van der Waals surface area contributed by atoms with Crippen molar-refractivity contribution in [3.05, 3.63) is 47.5 Å². The van der Waals surface area contributed by atoms with Gasteiger partial charge in [0.05, 0.1) is 10.7 Å². The Morgan fingerprint density at radius 1 is 1.50 bits per heavy atom. The van der Waals surface area contributed by atoms with Crippen molar-refractivity contribution in [1.82, 2.24) is 14.9 Å². The van der Waals surface area contributed by atoms with Crippen molar-refractivity contribution in [2.75, 3.05) is 0 Å². The minimum atomic E-state index is -0.418. The second-order valence-corrected chi connectivity index (χ2v) is 5.96. The highest BCUT2D eigenvalue weighted by Gasteiger charge is 2.06. The summed E-state index contributed by atoms with van der Waals surface area (Å²) >= 11 is 11.5. The maximum absolute atomic E-state index is 11.8. The summed E-state index contributed by atoms with van der Waals surface area (Å²) in [5.41, 5.74) is 0.260. The zero-order valence-corrected chi connectivity index (χ0v) is 14.1. The van der Waals surface area contributed by atoms with Gasteiger partial charge in [-0.3, -0.25) is 9.89 Å². The molecule has 0 saturated carbocycles. The minimum Gasteiger partial charge on any atom is -0.506 e. The van der Waals surface area contributed by atoms with Crippen LogP contribution in [0.4, 0.5) is 0 Å². The number of hydrogen-bond donors (Lipinski definition) is 2. The highest BCUT2D eigenvalue weighted by Crippen LogP contribution is 2.30. The monoisotopic (exact) mass is 418 g/mol. The molecular weight excluding hydrogens is 412 g/mol. The molecule has 0 saturated heterocycles. The van der Waals surface area contributed by atoms with Gasteiger partial charge >= 0.3 is 0 Å². The first-order valence-corrected chi connectivity index (χ1v) is 7.30. The van der Waals surface area contributed by atoms with Crippen molar-refractivity contribution in [3.63, 3.8) is 0 Å². The van der Waals surface area contributed by atoms with E-state index in [9.17, 15) is 9.90 Å². The smallest absolute Gasteiger partial charge is 0.296 e. The number of aromatic nitrogens is 3. The number of hydrogen-bond acceptors (Lipinski definition) is 5. The van der Waals surface area contributed by atoms with Crippen LogP contribution in [0.3, 0.4) is 0 Å². The molecule has 104 valence electrons. The van der Waals surface area contributed by atoms with Crippen molar-refractivity contribution < 1.29 is 5.11 Å². The van der Waals surface area contributed by atoms with Gasteiger partial charge in [-0.1, -0.05) is 15.9 Å². The van der Waals surface area contributed by atoms with Crippen LogP contribution in [0, 0.1) is 11.7 Å². The molecule has 1 heterocycles. The Morgan fingerprint density at radius 3 is 2.90 bits per heavy atom. The number of nitrogens with zero attached hydrogens (tertiary/aromatic N) is 3. The number of aromatic amines is 1. The van der Waals surface area contributed by atoms with E-state index >= 15 is 0 Å². The van der Waals surface area contributed by atoms with Crippen molar-refractivity contribution in [1.29, 1.82) is 0 Å². The Morgan fingerprint density at radius 2 is 2.20 bits per heavy atom. The molecule has 1 aromatic carbocycles. The van der Waals surface area contributed by atoms with E-state index in [0.717, 1.165) is 9.15 Å². The number of halogens is 2. The molecule has 0 fully saturated rings. The van der Waals surface area contributed by atoms with Crippen molar-refractivity contribution in [3.8, 4) is 5.75 Å². The van der Waals surface area contributed by atoms with Crippen molar-refractivity contribution >= 4 is 50.3 Å². The van der Waals surface area contributed by atoms with Crippen molar-refractivity contribution in [2.24, 2.45) is 5.10 Å². The maximum Gasteiger partial charge on any atom is 0.296 e. The van der Waals surface area contributed by atoms with E-state index in [1.54, 1.807) is 19.1 Å². The van der Waals surface area contributed by atoms with Crippen LogP contribution >= 0.6 is 44.1 Å². The van der Waals surface area contributed by atoms with Crippen LogP contribution in [0.15, 0.2) is 31.0 Å². The molecule has 9 heteroatoms. The molecule has 0 aliphatic carbocycles. The Labute approximate surface area is 135 Å².